The molecule has 0 unspecified atom stereocenters. The van der Waals surface area contributed by atoms with E-state index in [-0.39, 0.29) is 17.2 Å². The maximum Gasteiger partial charge on any atom is 0.274 e. The van der Waals surface area contributed by atoms with E-state index >= 15 is 0 Å². The molecule has 2 aromatic carbocycles. The first-order chi connectivity index (χ1) is 16.1. The highest BCUT2D eigenvalue weighted by molar-refractivity contribution is 5.92. The molecule has 1 fully saturated rings. The standard InChI is InChI=1S/C25H22FN5O2/c26-20-6-8-21(9-7-20)31-23(32)11-10-22(28-31)25(33)30-15-13-29(14-16-30)17-19-4-1-3-18-5-2-12-27-24(18)19/h1-12H,13-17H2. The van der Waals surface area contributed by atoms with Crippen molar-refractivity contribution in [2.45, 2.75) is 6.54 Å². The van der Waals surface area contributed by atoms with Crippen LogP contribution >= 0.6 is 0 Å². The molecule has 0 aliphatic carbocycles. The highest BCUT2D eigenvalue weighted by Crippen LogP contribution is 2.19. The van der Waals surface area contributed by atoms with Crippen LogP contribution < -0.4 is 5.56 Å². The van der Waals surface area contributed by atoms with Crippen molar-refractivity contribution in [1.29, 1.82) is 0 Å². The molecule has 0 radical (unpaired) electrons. The molecule has 0 saturated carbocycles. The summed E-state index contributed by atoms with van der Waals surface area (Å²) in [5.41, 5.74) is 2.38. The molecule has 1 amide bonds. The lowest BCUT2D eigenvalue weighted by molar-refractivity contribution is 0.0621. The number of hydrogen-bond donors (Lipinski definition) is 0. The molecule has 7 nitrogen and oxygen atoms in total. The van der Waals surface area contributed by atoms with Gasteiger partial charge in [-0.25, -0.2) is 4.39 Å². The number of halogens is 1. The largest absolute Gasteiger partial charge is 0.335 e. The number of carbonyl (C=O) groups is 1. The number of aromatic nitrogens is 3. The van der Waals surface area contributed by atoms with Crippen LogP contribution in [0.2, 0.25) is 0 Å². The maximum atomic E-state index is 13.2. The lowest BCUT2D eigenvalue weighted by Crippen LogP contribution is -2.48. The van der Waals surface area contributed by atoms with Crippen molar-refractivity contribution in [2.24, 2.45) is 0 Å². The first-order valence-corrected chi connectivity index (χ1v) is 10.8. The highest BCUT2D eigenvalue weighted by atomic mass is 19.1. The Bertz CT molecular complexity index is 1360. The Labute approximate surface area is 189 Å². The minimum Gasteiger partial charge on any atom is -0.335 e. The molecule has 5 rings (SSSR count). The van der Waals surface area contributed by atoms with Crippen LogP contribution in [0.4, 0.5) is 4.39 Å². The van der Waals surface area contributed by atoms with Gasteiger partial charge >= 0.3 is 0 Å². The van der Waals surface area contributed by atoms with Crippen molar-refractivity contribution in [3.8, 4) is 5.69 Å². The first kappa shape index (κ1) is 21.0. The molecule has 0 spiro atoms. The molecule has 166 valence electrons. The molecule has 0 N–H and O–H groups in total. The van der Waals surface area contributed by atoms with Gasteiger partial charge in [0.15, 0.2) is 0 Å². The van der Waals surface area contributed by atoms with Gasteiger partial charge in [0.05, 0.1) is 11.2 Å². The lowest BCUT2D eigenvalue weighted by atomic mass is 10.1. The fraction of sp³-hybridized carbons (Fsp3) is 0.200. The second kappa shape index (κ2) is 8.91. The van der Waals surface area contributed by atoms with Crippen molar-refractivity contribution >= 4 is 16.8 Å². The van der Waals surface area contributed by atoms with E-state index in [2.05, 4.69) is 33.2 Å². The van der Waals surface area contributed by atoms with Crippen LogP contribution in [0, 0.1) is 5.82 Å². The molecule has 33 heavy (non-hydrogen) atoms. The van der Waals surface area contributed by atoms with Crippen LogP contribution in [0.15, 0.2) is 77.7 Å². The van der Waals surface area contributed by atoms with Crippen LogP contribution in [-0.4, -0.2) is 56.7 Å². The van der Waals surface area contributed by atoms with Crippen molar-refractivity contribution < 1.29 is 9.18 Å². The number of pyridine rings is 1. The van der Waals surface area contributed by atoms with Crippen LogP contribution in [0.5, 0.6) is 0 Å². The zero-order chi connectivity index (χ0) is 22.8. The number of rotatable bonds is 4. The van der Waals surface area contributed by atoms with Crippen LogP contribution in [0.3, 0.4) is 0 Å². The number of benzene rings is 2. The Morgan fingerprint density at radius 2 is 1.67 bits per heavy atom. The Morgan fingerprint density at radius 1 is 0.909 bits per heavy atom. The molecule has 2 aromatic heterocycles. The molecule has 4 aromatic rings. The predicted molar refractivity (Wildman–Crippen MR) is 123 cm³/mol. The van der Waals surface area contributed by atoms with Crippen LogP contribution in [-0.2, 0) is 6.54 Å². The fourth-order valence-electron chi connectivity index (χ4n) is 4.10. The SMILES string of the molecule is O=C(c1ccc(=O)n(-c2ccc(F)cc2)n1)N1CCN(Cc2cccc3cccnc23)CC1. The van der Waals surface area contributed by atoms with Crippen LogP contribution in [0.1, 0.15) is 16.1 Å². The molecular formula is C25H22FN5O2. The molecule has 1 saturated heterocycles. The van der Waals surface area contributed by atoms with Gasteiger partial charge in [0.25, 0.3) is 11.5 Å². The Balaban J connectivity index is 1.27. The summed E-state index contributed by atoms with van der Waals surface area (Å²) in [7, 11) is 0. The van der Waals surface area contributed by atoms with E-state index < -0.39 is 5.82 Å². The summed E-state index contributed by atoms with van der Waals surface area (Å²) in [6.45, 7) is 3.35. The Kier molecular flexibility index (Phi) is 5.66. The zero-order valence-electron chi connectivity index (χ0n) is 17.9. The third-order valence-electron chi connectivity index (χ3n) is 5.86. The molecule has 0 atom stereocenters. The minimum absolute atomic E-state index is 0.186. The van der Waals surface area contributed by atoms with Gasteiger partial charge in [-0.2, -0.15) is 9.78 Å². The zero-order valence-corrected chi connectivity index (χ0v) is 17.9. The maximum absolute atomic E-state index is 13.2. The number of para-hydroxylation sites is 1. The third-order valence-corrected chi connectivity index (χ3v) is 5.86. The topological polar surface area (TPSA) is 71.3 Å². The van der Waals surface area contributed by atoms with E-state index in [4.69, 9.17) is 0 Å². The number of piperazine rings is 1. The normalized spacial score (nSPS) is 14.5. The fourth-order valence-corrected chi connectivity index (χ4v) is 4.10. The number of fused-ring (bicyclic) bond motifs is 1. The predicted octanol–water partition coefficient (Wildman–Crippen LogP) is 2.88. The summed E-state index contributed by atoms with van der Waals surface area (Å²) in [4.78, 5) is 33.9. The summed E-state index contributed by atoms with van der Waals surface area (Å²) in [5, 5.41) is 5.35. The van der Waals surface area contributed by atoms with Gasteiger partial charge in [-0.3, -0.25) is 19.5 Å². The van der Waals surface area contributed by atoms with E-state index in [9.17, 15) is 14.0 Å². The molecule has 3 heterocycles. The van der Waals surface area contributed by atoms with Crippen molar-refractivity contribution in [1.82, 2.24) is 24.6 Å². The summed E-state index contributed by atoms with van der Waals surface area (Å²) in [6.07, 6.45) is 1.81. The van der Waals surface area contributed by atoms with Gasteiger partial charge in [-0.1, -0.05) is 24.3 Å². The monoisotopic (exact) mass is 443 g/mol. The van der Waals surface area contributed by atoms with Crippen molar-refractivity contribution in [3.63, 3.8) is 0 Å². The second-order valence-corrected chi connectivity index (χ2v) is 8.01. The summed E-state index contributed by atoms with van der Waals surface area (Å²) >= 11 is 0. The van der Waals surface area contributed by atoms with E-state index in [0.29, 0.717) is 18.8 Å². The van der Waals surface area contributed by atoms with Gasteiger partial charge in [0.1, 0.15) is 11.5 Å². The van der Waals surface area contributed by atoms with Gasteiger partial charge in [-0.05, 0) is 42.0 Å². The smallest absolute Gasteiger partial charge is 0.274 e. The summed E-state index contributed by atoms with van der Waals surface area (Å²) < 4.78 is 14.3. The van der Waals surface area contributed by atoms with E-state index in [1.165, 1.54) is 42.0 Å². The molecule has 0 bridgehead atoms. The number of hydrogen-bond acceptors (Lipinski definition) is 5. The second-order valence-electron chi connectivity index (χ2n) is 8.01. The van der Waals surface area contributed by atoms with E-state index in [1.807, 2.05) is 12.1 Å². The van der Waals surface area contributed by atoms with E-state index in [1.54, 1.807) is 11.1 Å². The van der Waals surface area contributed by atoms with Crippen molar-refractivity contribution in [2.75, 3.05) is 26.2 Å². The number of carbonyl (C=O) groups excluding carboxylic acids is 1. The summed E-state index contributed by atoms with van der Waals surface area (Å²) in [6, 6.07) is 18.4. The Hall–Kier alpha value is -3.91. The van der Waals surface area contributed by atoms with Gasteiger partial charge < -0.3 is 4.90 Å². The summed E-state index contributed by atoms with van der Waals surface area (Å²) in [5.74, 6) is -0.631. The Morgan fingerprint density at radius 3 is 2.45 bits per heavy atom. The first-order valence-electron chi connectivity index (χ1n) is 10.8. The molecular weight excluding hydrogens is 421 g/mol. The van der Waals surface area contributed by atoms with Gasteiger partial charge in [-0.15, -0.1) is 0 Å². The molecule has 8 heteroatoms. The van der Waals surface area contributed by atoms with Gasteiger partial charge in [0.2, 0.25) is 0 Å². The average molecular weight is 443 g/mol. The van der Waals surface area contributed by atoms with Crippen molar-refractivity contribution in [3.05, 3.63) is 100 Å². The minimum atomic E-state index is -0.406. The average Bonchev–Trinajstić information content (AvgIpc) is 2.85. The number of amides is 1. The number of nitrogens with zero attached hydrogens (tertiary/aromatic N) is 5. The quantitative estimate of drug-likeness (QED) is 0.485. The third kappa shape index (κ3) is 4.38. The van der Waals surface area contributed by atoms with Crippen LogP contribution in [0.25, 0.3) is 16.6 Å². The highest BCUT2D eigenvalue weighted by Gasteiger charge is 2.24. The molecule has 1 aliphatic heterocycles. The molecule has 1 aliphatic rings. The lowest BCUT2D eigenvalue weighted by Gasteiger charge is -2.34. The van der Waals surface area contributed by atoms with E-state index in [0.717, 1.165) is 35.2 Å². The van der Waals surface area contributed by atoms with Gasteiger partial charge in [0, 0.05) is 50.4 Å².